The molecule has 86 valence electrons. The molecular formula is C15H16N2. The quantitative estimate of drug-likeness (QED) is 0.870. The fourth-order valence-corrected chi connectivity index (χ4v) is 2.25. The molecule has 17 heavy (non-hydrogen) atoms. The molecular weight excluding hydrogens is 208 g/mol. The number of aromatic nitrogens is 1. The van der Waals surface area contributed by atoms with E-state index in [-0.39, 0.29) is 5.41 Å². The molecule has 0 atom stereocenters. The smallest absolute Gasteiger partial charge is 0.0484 e. The summed E-state index contributed by atoms with van der Waals surface area (Å²) in [5.41, 5.74) is 9.65. The first-order valence-electron chi connectivity index (χ1n) is 6.06. The number of hydrogen-bond acceptors (Lipinski definition) is 2. The van der Waals surface area contributed by atoms with Gasteiger partial charge in [-0.05, 0) is 36.1 Å². The first-order valence-corrected chi connectivity index (χ1v) is 6.06. The van der Waals surface area contributed by atoms with Crippen LogP contribution in [0.2, 0.25) is 0 Å². The van der Waals surface area contributed by atoms with Crippen LogP contribution in [-0.2, 0) is 5.41 Å². The van der Waals surface area contributed by atoms with Gasteiger partial charge in [0.1, 0.15) is 0 Å². The Morgan fingerprint density at radius 3 is 2.47 bits per heavy atom. The molecule has 1 fully saturated rings. The van der Waals surface area contributed by atoms with Crippen LogP contribution < -0.4 is 5.73 Å². The summed E-state index contributed by atoms with van der Waals surface area (Å²) in [5, 5.41) is 0. The van der Waals surface area contributed by atoms with Crippen molar-refractivity contribution in [3.05, 3.63) is 54.4 Å². The van der Waals surface area contributed by atoms with E-state index < -0.39 is 0 Å². The van der Waals surface area contributed by atoms with Gasteiger partial charge in [-0.2, -0.15) is 0 Å². The Bertz CT molecular complexity index is 515. The van der Waals surface area contributed by atoms with Gasteiger partial charge in [0, 0.05) is 23.9 Å². The molecule has 2 nitrogen and oxygen atoms in total. The van der Waals surface area contributed by atoms with E-state index in [9.17, 15) is 0 Å². The molecule has 0 bridgehead atoms. The van der Waals surface area contributed by atoms with Crippen molar-refractivity contribution in [3.8, 4) is 11.1 Å². The number of nitrogens with two attached hydrogens (primary N) is 1. The fourth-order valence-electron chi connectivity index (χ4n) is 2.25. The van der Waals surface area contributed by atoms with Crippen LogP contribution in [0.25, 0.3) is 11.1 Å². The maximum atomic E-state index is 5.85. The third kappa shape index (κ3) is 1.85. The Labute approximate surface area is 102 Å². The number of pyridine rings is 1. The summed E-state index contributed by atoms with van der Waals surface area (Å²) in [7, 11) is 0. The van der Waals surface area contributed by atoms with Crippen LogP contribution in [0.5, 0.6) is 0 Å². The Morgan fingerprint density at radius 2 is 1.82 bits per heavy atom. The topological polar surface area (TPSA) is 38.9 Å². The summed E-state index contributed by atoms with van der Waals surface area (Å²) < 4.78 is 0. The van der Waals surface area contributed by atoms with Crippen LogP contribution in [0, 0.1) is 0 Å². The molecule has 1 aliphatic carbocycles. The summed E-state index contributed by atoms with van der Waals surface area (Å²) in [6.07, 6.45) is 4.25. The van der Waals surface area contributed by atoms with E-state index in [2.05, 4.69) is 41.4 Å². The average Bonchev–Trinajstić information content (AvgIpc) is 3.21. The molecule has 1 aromatic heterocycles. The van der Waals surface area contributed by atoms with Crippen molar-refractivity contribution in [2.75, 3.05) is 6.54 Å². The molecule has 1 heterocycles. The van der Waals surface area contributed by atoms with Crippen LogP contribution in [-0.4, -0.2) is 11.5 Å². The number of hydrogen-bond donors (Lipinski definition) is 1. The van der Waals surface area contributed by atoms with Crippen LogP contribution in [0.4, 0.5) is 0 Å². The molecule has 2 N–H and O–H groups in total. The monoisotopic (exact) mass is 224 g/mol. The van der Waals surface area contributed by atoms with Crippen LogP contribution in [0.1, 0.15) is 18.5 Å². The largest absolute Gasteiger partial charge is 0.330 e. The standard InChI is InChI=1S/C15H16N2/c16-11-15(7-8-15)14-10-13(6-9-17-14)12-4-2-1-3-5-12/h1-6,9-10H,7-8,11,16H2. The molecule has 1 saturated carbocycles. The summed E-state index contributed by atoms with van der Waals surface area (Å²) in [4.78, 5) is 4.49. The summed E-state index contributed by atoms with van der Waals surface area (Å²) in [6.45, 7) is 0.707. The van der Waals surface area contributed by atoms with Gasteiger partial charge in [0.05, 0.1) is 0 Å². The molecule has 1 aliphatic rings. The van der Waals surface area contributed by atoms with Crippen molar-refractivity contribution in [1.29, 1.82) is 0 Å². The molecule has 2 aromatic rings. The molecule has 3 rings (SSSR count). The normalized spacial score (nSPS) is 16.8. The van der Waals surface area contributed by atoms with Crippen molar-refractivity contribution in [3.63, 3.8) is 0 Å². The van der Waals surface area contributed by atoms with Gasteiger partial charge in [-0.15, -0.1) is 0 Å². The molecule has 0 aliphatic heterocycles. The molecule has 1 aromatic carbocycles. The van der Waals surface area contributed by atoms with Gasteiger partial charge in [0.2, 0.25) is 0 Å². The average molecular weight is 224 g/mol. The van der Waals surface area contributed by atoms with E-state index in [4.69, 9.17) is 5.73 Å². The van der Waals surface area contributed by atoms with Crippen LogP contribution >= 0.6 is 0 Å². The van der Waals surface area contributed by atoms with Gasteiger partial charge in [-0.1, -0.05) is 30.3 Å². The van der Waals surface area contributed by atoms with Crippen molar-refractivity contribution >= 4 is 0 Å². The second-order valence-corrected chi connectivity index (χ2v) is 4.78. The maximum Gasteiger partial charge on any atom is 0.0484 e. The third-order valence-electron chi connectivity index (χ3n) is 3.65. The Kier molecular flexibility index (Phi) is 2.45. The zero-order valence-electron chi connectivity index (χ0n) is 9.76. The van der Waals surface area contributed by atoms with Gasteiger partial charge >= 0.3 is 0 Å². The molecule has 0 saturated heterocycles. The van der Waals surface area contributed by atoms with E-state index in [0.717, 1.165) is 5.69 Å². The zero-order valence-corrected chi connectivity index (χ0v) is 9.76. The van der Waals surface area contributed by atoms with Crippen molar-refractivity contribution < 1.29 is 0 Å². The van der Waals surface area contributed by atoms with Crippen LogP contribution in [0.3, 0.4) is 0 Å². The molecule has 0 unspecified atom stereocenters. The lowest BCUT2D eigenvalue weighted by atomic mass is 9.98. The Balaban J connectivity index is 2.00. The lowest BCUT2D eigenvalue weighted by Crippen LogP contribution is -2.20. The van der Waals surface area contributed by atoms with Crippen LogP contribution in [0.15, 0.2) is 48.7 Å². The summed E-state index contributed by atoms with van der Waals surface area (Å²) >= 11 is 0. The van der Waals surface area contributed by atoms with E-state index in [0.29, 0.717) is 6.54 Å². The van der Waals surface area contributed by atoms with E-state index >= 15 is 0 Å². The number of nitrogens with zero attached hydrogens (tertiary/aromatic N) is 1. The first-order chi connectivity index (χ1) is 8.34. The fraction of sp³-hybridized carbons (Fsp3) is 0.267. The van der Waals surface area contributed by atoms with Gasteiger partial charge < -0.3 is 5.73 Å². The van der Waals surface area contributed by atoms with E-state index in [1.165, 1.54) is 24.0 Å². The Hall–Kier alpha value is -1.67. The summed E-state index contributed by atoms with van der Waals surface area (Å²) in [5.74, 6) is 0. The highest BCUT2D eigenvalue weighted by atomic mass is 14.8. The number of benzene rings is 1. The van der Waals surface area contributed by atoms with Gasteiger partial charge in [-0.25, -0.2) is 0 Å². The minimum atomic E-state index is 0.171. The van der Waals surface area contributed by atoms with Gasteiger partial charge in [0.25, 0.3) is 0 Å². The van der Waals surface area contributed by atoms with Crippen molar-refractivity contribution in [1.82, 2.24) is 4.98 Å². The highest BCUT2D eigenvalue weighted by molar-refractivity contribution is 5.63. The van der Waals surface area contributed by atoms with E-state index in [1.807, 2.05) is 12.3 Å². The second-order valence-electron chi connectivity index (χ2n) is 4.78. The number of rotatable bonds is 3. The highest BCUT2D eigenvalue weighted by Gasteiger charge is 2.44. The molecule has 0 amide bonds. The highest BCUT2D eigenvalue weighted by Crippen LogP contribution is 2.46. The third-order valence-corrected chi connectivity index (χ3v) is 3.65. The predicted molar refractivity (Wildman–Crippen MR) is 69.6 cm³/mol. The van der Waals surface area contributed by atoms with E-state index in [1.54, 1.807) is 0 Å². The second kappa shape index (κ2) is 3.97. The molecule has 2 heteroatoms. The van der Waals surface area contributed by atoms with Crippen molar-refractivity contribution in [2.45, 2.75) is 18.3 Å². The molecule has 0 spiro atoms. The van der Waals surface area contributed by atoms with Crippen molar-refractivity contribution in [2.24, 2.45) is 5.73 Å². The minimum Gasteiger partial charge on any atom is -0.330 e. The van der Waals surface area contributed by atoms with Gasteiger partial charge in [0.15, 0.2) is 0 Å². The lowest BCUT2D eigenvalue weighted by Gasteiger charge is -2.12. The first kappa shape index (κ1) is 10.5. The lowest BCUT2D eigenvalue weighted by molar-refractivity contribution is 0.679. The SMILES string of the molecule is NCC1(c2cc(-c3ccccc3)ccn2)CC1. The molecule has 0 radical (unpaired) electrons. The summed E-state index contributed by atoms with van der Waals surface area (Å²) in [6, 6.07) is 14.7. The predicted octanol–water partition coefficient (Wildman–Crippen LogP) is 2.74. The zero-order chi connectivity index (χ0) is 11.7. The minimum absolute atomic E-state index is 0.171. The van der Waals surface area contributed by atoms with Gasteiger partial charge in [-0.3, -0.25) is 4.98 Å². The Morgan fingerprint density at radius 1 is 1.06 bits per heavy atom. The maximum absolute atomic E-state index is 5.85.